The summed E-state index contributed by atoms with van der Waals surface area (Å²) in [4.78, 5) is 25.9. The van der Waals surface area contributed by atoms with Gasteiger partial charge in [-0.2, -0.15) is 0 Å². The Morgan fingerprint density at radius 3 is 2.50 bits per heavy atom. The standard InChI is InChI=1S/C17H24N2O3/c1-11-6-12(2)8-14(7-11)17(22)18-9-16(21)19-5-4-13(3)15(20)10-19/h6-8,13,15,20H,4-5,9-10H2,1-3H3,(H,18,22). The third kappa shape index (κ3) is 4.07. The van der Waals surface area contributed by atoms with E-state index in [0.29, 0.717) is 18.7 Å². The summed E-state index contributed by atoms with van der Waals surface area (Å²) in [7, 11) is 0. The molecule has 0 aromatic heterocycles. The monoisotopic (exact) mass is 304 g/mol. The van der Waals surface area contributed by atoms with Crippen molar-refractivity contribution in [3.63, 3.8) is 0 Å². The van der Waals surface area contributed by atoms with E-state index in [1.165, 1.54) is 0 Å². The number of nitrogens with zero attached hydrogens (tertiary/aromatic N) is 1. The lowest BCUT2D eigenvalue weighted by molar-refractivity contribution is -0.134. The van der Waals surface area contributed by atoms with Gasteiger partial charge >= 0.3 is 0 Å². The first-order valence-corrected chi connectivity index (χ1v) is 7.69. The second kappa shape index (κ2) is 6.92. The van der Waals surface area contributed by atoms with E-state index in [2.05, 4.69) is 5.32 Å². The summed E-state index contributed by atoms with van der Waals surface area (Å²) in [5.41, 5.74) is 2.60. The number of aryl methyl sites for hydroxylation is 2. The Hall–Kier alpha value is -1.88. The number of carbonyl (C=O) groups excluding carboxylic acids is 2. The van der Waals surface area contributed by atoms with Gasteiger partial charge in [-0.15, -0.1) is 0 Å². The molecular weight excluding hydrogens is 280 g/mol. The molecule has 2 unspecified atom stereocenters. The van der Waals surface area contributed by atoms with Crippen molar-refractivity contribution in [2.75, 3.05) is 19.6 Å². The van der Waals surface area contributed by atoms with Crippen LogP contribution in [0.25, 0.3) is 0 Å². The number of amides is 2. The molecule has 2 N–H and O–H groups in total. The van der Waals surface area contributed by atoms with Crippen LogP contribution in [0.5, 0.6) is 0 Å². The predicted molar refractivity (Wildman–Crippen MR) is 84.6 cm³/mol. The third-order valence-electron chi connectivity index (χ3n) is 4.16. The van der Waals surface area contributed by atoms with E-state index in [-0.39, 0.29) is 24.3 Å². The van der Waals surface area contributed by atoms with Crippen molar-refractivity contribution in [3.05, 3.63) is 34.9 Å². The van der Waals surface area contributed by atoms with E-state index in [4.69, 9.17) is 0 Å². The van der Waals surface area contributed by atoms with Crippen molar-refractivity contribution < 1.29 is 14.7 Å². The summed E-state index contributed by atoms with van der Waals surface area (Å²) in [5, 5.41) is 12.5. The Morgan fingerprint density at radius 1 is 1.27 bits per heavy atom. The molecule has 1 aliphatic heterocycles. The van der Waals surface area contributed by atoms with E-state index < -0.39 is 6.10 Å². The molecule has 2 rings (SSSR count). The number of aliphatic hydroxyl groups excluding tert-OH is 1. The fourth-order valence-electron chi connectivity index (χ4n) is 2.75. The first-order chi connectivity index (χ1) is 10.4. The number of β-amino-alcohol motifs (C(OH)–C–C–N with tert-alkyl or cyclic N) is 1. The quantitative estimate of drug-likeness (QED) is 0.883. The summed E-state index contributed by atoms with van der Waals surface area (Å²) in [6.07, 6.45) is 0.311. The Kier molecular flexibility index (Phi) is 5.19. The fraction of sp³-hybridized carbons (Fsp3) is 0.529. The normalized spacial score (nSPS) is 21.5. The van der Waals surface area contributed by atoms with Crippen molar-refractivity contribution >= 4 is 11.8 Å². The van der Waals surface area contributed by atoms with E-state index >= 15 is 0 Å². The molecule has 5 nitrogen and oxygen atoms in total. The Labute approximate surface area is 131 Å². The molecule has 120 valence electrons. The molecule has 1 fully saturated rings. The summed E-state index contributed by atoms with van der Waals surface area (Å²) in [6.45, 7) is 6.80. The molecule has 1 aliphatic rings. The second-order valence-corrected chi connectivity index (χ2v) is 6.23. The van der Waals surface area contributed by atoms with Crippen LogP contribution in [-0.4, -0.2) is 47.6 Å². The number of hydrogen-bond acceptors (Lipinski definition) is 3. The van der Waals surface area contributed by atoms with Gasteiger partial charge in [-0.05, 0) is 38.3 Å². The third-order valence-corrected chi connectivity index (χ3v) is 4.16. The van der Waals surface area contributed by atoms with Crippen LogP contribution in [0.1, 0.15) is 34.8 Å². The van der Waals surface area contributed by atoms with Crippen LogP contribution >= 0.6 is 0 Å². The highest BCUT2D eigenvalue weighted by Crippen LogP contribution is 2.16. The number of likely N-dealkylation sites (tertiary alicyclic amines) is 1. The number of aliphatic hydroxyl groups is 1. The average Bonchev–Trinajstić information content (AvgIpc) is 2.46. The molecule has 1 aromatic rings. The molecule has 1 aromatic carbocycles. The molecule has 0 bridgehead atoms. The number of nitrogens with one attached hydrogen (secondary N) is 1. The van der Waals surface area contributed by atoms with Crippen molar-refractivity contribution in [1.82, 2.24) is 10.2 Å². The van der Waals surface area contributed by atoms with Crippen molar-refractivity contribution in [2.24, 2.45) is 5.92 Å². The van der Waals surface area contributed by atoms with Crippen LogP contribution in [0.3, 0.4) is 0 Å². The van der Waals surface area contributed by atoms with Gasteiger partial charge in [0, 0.05) is 18.7 Å². The highest BCUT2D eigenvalue weighted by atomic mass is 16.3. The minimum absolute atomic E-state index is 0.0348. The summed E-state index contributed by atoms with van der Waals surface area (Å²) in [5.74, 6) is -0.177. The molecule has 5 heteroatoms. The zero-order chi connectivity index (χ0) is 16.3. The van der Waals surface area contributed by atoms with Gasteiger partial charge in [0.15, 0.2) is 0 Å². The summed E-state index contributed by atoms with van der Waals surface area (Å²) < 4.78 is 0. The zero-order valence-corrected chi connectivity index (χ0v) is 13.4. The van der Waals surface area contributed by atoms with E-state index in [1.807, 2.05) is 26.8 Å². The minimum Gasteiger partial charge on any atom is -0.391 e. The molecule has 0 radical (unpaired) electrons. The molecule has 1 saturated heterocycles. The SMILES string of the molecule is Cc1cc(C)cc(C(=O)NCC(=O)N2CCC(C)C(O)C2)c1. The van der Waals surface area contributed by atoms with Gasteiger partial charge in [-0.1, -0.05) is 24.1 Å². The number of benzene rings is 1. The van der Waals surface area contributed by atoms with Crippen LogP contribution in [0.2, 0.25) is 0 Å². The maximum Gasteiger partial charge on any atom is 0.251 e. The molecular formula is C17H24N2O3. The van der Waals surface area contributed by atoms with Gasteiger partial charge < -0.3 is 15.3 Å². The van der Waals surface area contributed by atoms with Gasteiger partial charge in [0.2, 0.25) is 5.91 Å². The highest BCUT2D eigenvalue weighted by Gasteiger charge is 2.27. The van der Waals surface area contributed by atoms with Gasteiger partial charge in [0.05, 0.1) is 12.6 Å². The van der Waals surface area contributed by atoms with Gasteiger partial charge in [-0.3, -0.25) is 9.59 Å². The van der Waals surface area contributed by atoms with Crippen molar-refractivity contribution in [3.8, 4) is 0 Å². The topological polar surface area (TPSA) is 69.6 Å². The number of carbonyl (C=O) groups is 2. The predicted octanol–water partition coefficient (Wildman–Crippen LogP) is 1.26. The lowest BCUT2D eigenvalue weighted by Gasteiger charge is -2.34. The molecule has 0 aliphatic carbocycles. The van der Waals surface area contributed by atoms with E-state index in [9.17, 15) is 14.7 Å². The van der Waals surface area contributed by atoms with Crippen LogP contribution < -0.4 is 5.32 Å². The first kappa shape index (κ1) is 16.5. The van der Waals surface area contributed by atoms with E-state index in [1.54, 1.807) is 17.0 Å². The summed E-state index contributed by atoms with van der Waals surface area (Å²) in [6, 6.07) is 5.61. The van der Waals surface area contributed by atoms with Gasteiger partial charge in [0.1, 0.15) is 0 Å². The van der Waals surface area contributed by atoms with Crippen LogP contribution in [0, 0.1) is 19.8 Å². The smallest absolute Gasteiger partial charge is 0.251 e. The van der Waals surface area contributed by atoms with Crippen LogP contribution in [0.15, 0.2) is 18.2 Å². The van der Waals surface area contributed by atoms with Crippen molar-refractivity contribution in [1.29, 1.82) is 0 Å². The Bertz CT molecular complexity index is 551. The average molecular weight is 304 g/mol. The van der Waals surface area contributed by atoms with Gasteiger partial charge in [0.25, 0.3) is 5.91 Å². The van der Waals surface area contributed by atoms with Crippen LogP contribution in [-0.2, 0) is 4.79 Å². The summed E-state index contributed by atoms with van der Waals surface area (Å²) >= 11 is 0. The molecule has 1 heterocycles. The lowest BCUT2D eigenvalue weighted by Crippen LogP contribution is -2.49. The molecule has 0 saturated carbocycles. The maximum absolute atomic E-state index is 12.1. The Morgan fingerprint density at radius 2 is 1.91 bits per heavy atom. The zero-order valence-electron chi connectivity index (χ0n) is 13.4. The van der Waals surface area contributed by atoms with Gasteiger partial charge in [-0.25, -0.2) is 0 Å². The molecule has 22 heavy (non-hydrogen) atoms. The lowest BCUT2D eigenvalue weighted by atomic mass is 9.96. The first-order valence-electron chi connectivity index (χ1n) is 7.69. The Balaban J connectivity index is 1.89. The van der Waals surface area contributed by atoms with Crippen LogP contribution in [0.4, 0.5) is 0 Å². The highest BCUT2D eigenvalue weighted by molar-refractivity contribution is 5.96. The minimum atomic E-state index is -0.479. The maximum atomic E-state index is 12.1. The second-order valence-electron chi connectivity index (χ2n) is 6.23. The van der Waals surface area contributed by atoms with Crippen molar-refractivity contribution in [2.45, 2.75) is 33.3 Å². The number of rotatable bonds is 3. The number of hydrogen-bond donors (Lipinski definition) is 2. The fourth-order valence-corrected chi connectivity index (χ4v) is 2.75. The largest absolute Gasteiger partial charge is 0.391 e. The molecule has 0 spiro atoms. The molecule has 2 atom stereocenters. The van der Waals surface area contributed by atoms with E-state index in [0.717, 1.165) is 17.5 Å². The number of piperidine rings is 1. The molecule has 2 amide bonds.